The van der Waals surface area contributed by atoms with Crippen molar-refractivity contribution in [3.05, 3.63) is 102 Å². The zero-order chi connectivity index (χ0) is 25.8. The molecule has 4 rings (SSSR count). The van der Waals surface area contributed by atoms with E-state index < -0.39 is 18.1 Å². The Bertz CT molecular complexity index is 1430. The van der Waals surface area contributed by atoms with Crippen LogP contribution < -0.4 is 0 Å². The lowest BCUT2D eigenvalue weighted by atomic mass is 10.1. The van der Waals surface area contributed by atoms with Crippen LogP contribution in [0, 0.1) is 0 Å². The Morgan fingerprint density at radius 3 is 2.17 bits per heavy atom. The molecule has 0 saturated heterocycles. The molecule has 1 aromatic heterocycles. The summed E-state index contributed by atoms with van der Waals surface area (Å²) in [6, 6.07) is 25.5. The van der Waals surface area contributed by atoms with Crippen LogP contribution in [0.1, 0.15) is 11.1 Å². The standard InChI is InChI=1S/C28H32N2O4SSi/c1-36(2,3)22-29(28(31)34-21-23-12-6-4-7-13-23)19-18-24-20-30(27-17-11-10-16-26(24)27)35(32,33)25-14-8-5-9-15-25/h4-17,20H,18-19,21-22H2,1-3H3. The quantitative estimate of drug-likeness (QED) is 0.256. The van der Waals surface area contributed by atoms with E-state index in [1.807, 2.05) is 54.6 Å². The molecule has 0 N–H and O–H groups in total. The minimum absolute atomic E-state index is 0.219. The lowest BCUT2D eigenvalue weighted by Gasteiger charge is -2.28. The molecule has 0 saturated carbocycles. The van der Waals surface area contributed by atoms with Gasteiger partial charge in [-0.15, -0.1) is 0 Å². The summed E-state index contributed by atoms with van der Waals surface area (Å²) in [7, 11) is -5.38. The van der Waals surface area contributed by atoms with E-state index in [9.17, 15) is 13.2 Å². The molecule has 188 valence electrons. The zero-order valence-corrected chi connectivity index (χ0v) is 22.7. The van der Waals surface area contributed by atoms with Crippen molar-refractivity contribution < 1.29 is 17.9 Å². The SMILES string of the molecule is C[Si](C)(C)CN(CCc1cn(S(=O)(=O)c2ccccc2)c2ccccc12)C(=O)OCc1ccccc1. The predicted molar refractivity (Wildman–Crippen MR) is 146 cm³/mol. The lowest BCUT2D eigenvalue weighted by molar-refractivity contribution is 0.102. The van der Waals surface area contributed by atoms with Crippen molar-refractivity contribution in [2.75, 3.05) is 12.7 Å². The van der Waals surface area contributed by atoms with Gasteiger partial charge in [-0.3, -0.25) is 0 Å². The molecule has 0 spiro atoms. The Labute approximate surface area is 214 Å². The van der Waals surface area contributed by atoms with Crippen molar-refractivity contribution in [2.24, 2.45) is 0 Å². The number of para-hydroxylation sites is 1. The maximum atomic E-state index is 13.4. The van der Waals surface area contributed by atoms with Crippen molar-refractivity contribution in [3.8, 4) is 0 Å². The number of nitrogens with zero attached hydrogens (tertiary/aromatic N) is 2. The highest BCUT2D eigenvalue weighted by Crippen LogP contribution is 2.26. The fourth-order valence-corrected chi connectivity index (χ4v) is 7.04. The van der Waals surface area contributed by atoms with Gasteiger partial charge in [0.05, 0.1) is 18.5 Å². The number of carbonyl (C=O) groups excluding carboxylic acids is 1. The van der Waals surface area contributed by atoms with Gasteiger partial charge in [-0.05, 0) is 35.7 Å². The van der Waals surface area contributed by atoms with E-state index in [1.54, 1.807) is 41.4 Å². The molecule has 1 heterocycles. The van der Waals surface area contributed by atoms with Crippen LogP contribution >= 0.6 is 0 Å². The normalized spacial score (nSPS) is 12.0. The fourth-order valence-electron chi connectivity index (χ4n) is 4.20. The summed E-state index contributed by atoms with van der Waals surface area (Å²) in [6.45, 7) is 7.29. The first-order valence-corrected chi connectivity index (χ1v) is 17.2. The van der Waals surface area contributed by atoms with E-state index >= 15 is 0 Å². The third kappa shape index (κ3) is 6.06. The molecule has 36 heavy (non-hydrogen) atoms. The molecule has 0 aliphatic rings. The second-order valence-corrected chi connectivity index (χ2v) is 17.3. The number of fused-ring (bicyclic) bond motifs is 1. The summed E-state index contributed by atoms with van der Waals surface area (Å²) in [6.07, 6.45) is 2.51. The van der Waals surface area contributed by atoms with Crippen molar-refractivity contribution in [1.82, 2.24) is 8.87 Å². The number of carbonyl (C=O) groups is 1. The first kappa shape index (κ1) is 25.7. The van der Waals surface area contributed by atoms with Crippen LogP contribution in [0.4, 0.5) is 4.79 Å². The maximum absolute atomic E-state index is 13.4. The van der Waals surface area contributed by atoms with Gasteiger partial charge in [0.1, 0.15) is 6.61 Å². The van der Waals surface area contributed by atoms with E-state index in [-0.39, 0.29) is 17.6 Å². The molecule has 0 fully saturated rings. The van der Waals surface area contributed by atoms with Gasteiger partial charge in [0.15, 0.2) is 0 Å². The Balaban J connectivity index is 1.58. The Kier molecular flexibility index (Phi) is 7.66. The van der Waals surface area contributed by atoms with Crippen LogP contribution in [0.5, 0.6) is 0 Å². The van der Waals surface area contributed by atoms with Gasteiger partial charge in [-0.1, -0.05) is 86.4 Å². The first-order valence-electron chi connectivity index (χ1n) is 12.0. The molecule has 3 aromatic carbocycles. The first-order chi connectivity index (χ1) is 17.1. The minimum Gasteiger partial charge on any atom is -0.445 e. The summed E-state index contributed by atoms with van der Waals surface area (Å²) < 4.78 is 33.8. The molecule has 8 heteroatoms. The molecule has 6 nitrogen and oxygen atoms in total. The third-order valence-corrected chi connectivity index (χ3v) is 8.86. The summed E-state index contributed by atoms with van der Waals surface area (Å²) in [5, 5.41) is 0.864. The fraction of sp³-hybridized carbons (Fsp3) is 0.250. The summed E-state index contributed by atoms with van der Waals surface area (Å²) in [4.78, 5) is 15.1. The number of rotatable bonds is 9. The summed E-state index contributed by atoms with van der Waals surface area (Å²) in [5.41, 5.74) is 2.44. The van der Waals surface area contributed by atoms with Gasteiger partial charge in [-0.25, -0.2) is 17.2 Å². The highest BCUT2D eigenvalue weighted by Gasteiger charge is 2.25. The van der Waals surface area contributed by atoms with E-state index in [1.165, 1.54) is 3.97 Å². The van der Waals surface area contributed by atoms with Crippen molar-refractivity contribution in [3.63, 3.8) is 0 Å². The number of ether oxygens (including phenoxy) is 1. The molecule has 0 aliphatic heterocycles. The summed E-state index contributed by atoms with van der Waals surface area (Å²) in [5.74, 6) is 0. The van der Waals surface area contributed by atoms with Crippen LogP contribution in [0.2, 0.25) is 19.6 Å². The molecule has 0 unspecified atom stereocenters. The van der Waals surface area contributed by atoms with E-state index in [0.717, 1.165) is 16.5 Å². The molecule has 4 aromatic rings. The molecular formula is C28H32N2O4SSi. The lowest BCUT2D eigenvalue weighted by Crippen LogP contribution is -2.44. The topological polar surface area (TPSA) is 68.6 Å². The van der Waals surface area contributed by atoms with Crippen LogP contribution in [-0.2, 0) is 27.8 Å². The van der Waals surface area contributed by atoms with Crippen LogP contribution in [-0.4, -0.2) is 44.2 Å². The number of amides is 1. The van der Waals surface area contributed by atoms with Crippen molar-refractivity contribution in [2.45, 2.75) is 37.6 Å². The van der Waals surface area contributed by atoms with Crippen molar-refractivity contribution >= 4 is 35.1 Å². The van der Waals surface area contributed by atoms with Gasteiger partial charge < -0.3 is 9.64 Å². The van der Waals surface area contributed by atoms with E-state index in [0.29, 0.717) is 24.7 Å². The Hall–Kier alpha value is -3.36. The van der Waals surface area contributed by atoms with Crippen molar-refractivity contribution in [1.29, 1.82) is 0 Å². The van der Waals surface area contributed by atoms with Crippen LogP contribution in [0.15, 0.2) is 96.0 Å². The Morgan fingerprint density at radius 1 is 0.889 bits per heavy atom. The number of hydrogen-bond donors (Lipinski definition) is 0. The van der Waals surface area contributed by atoms with Gasteiger partial charge in [-0.2, -0.15) is 0 Å². The number of benzene rings is 3. The minimum atomic E-state index is -3.75. The van der Waals surface area contributed by atoms with Crippen LogP contribution in [0.3, 0.4) is 0 Å². The van der Waals surface area contributed by atoms with Gasteiger partial charge in [0, 0.05) is 24.3 Å². The molecule has 0 atom stereocenters. The smallest absolute Gasteiger partial charge is 0.409 e. The van der Waals surface area contributed by atoms with E-state index in [2.05, 4.69) is 19.6 Å². The second-order valence-electron chi connectivity index (χ2n) is 10.1. The second kappa shape index (κ2) is 10.7. The molecule has 0 aliphatic carbocycles. The number of aromatic nitrogens is 1. The highest BCUT2D eigenvalue weighted by molar-refractivity contribution is 7.90. The van der Waals surface area contributed by atoms with Gasteiger partial charge >= 0.3 is 6.09 Å². The molecule has 0 bridgehead atoms. The maximum Gasteiger partial charge on any atom is 0.409 e. The summed E-state index contributed by atoms with van der Waals surface area (Å²) >= 11 is 0. The molecule has 0 radical (unpaired) electrons. The largest absolute Gasteiger partial charge is 0.445 e. The third-order valence-electron chi connectivity index (χ3n) is 5.84. The van der Waals surface area contributed by atoms with Gasteiger partial charge in [0.25, 0.3) is 10.0 Å². The van der Waals surface area contributed by atoms with Crippen LogP contribution in [0.25, 0.3) is 10.9 Å². The monoisotopic (exact) mass is 520 g/mol. The average molecular weight is 521 g/mol. The predicted octanol–water partition coefficient (Wildman–Crippen LogP) is 5.94. The van der Waals surface area contributed by atoms with Gasteiger partial charge in [0.2, 0.25) is 0 Å². The average Bonchev–Trinajstić information content (AvgIpc) is 3.25. The number of hydrogen-bond acceptors (Lipinski definition) is 4. The Morgan fingerprint density at radius 2 is 1.50 bits per heavy atom. The highest BCUT2D eigenvalue weighted by atomic mass is 32.2. The van der Waals surface area contributed by atoms with E-state index in [4.69, 9.17) is 4.74 Å². The zero-order valence-electron chi connectivity index (χ0n) is 20.9. The molecular weight excluding hydrogens is 488 g/mol. The molecule has 1 amide bonds.